The lowest BCUT2D eigenvalue weighted by Crippen LogP contribution is -2.40. The summed E-state index contributed by atoms with van der Waals surface area (Å²) >= 11 is 0. The van der Waals surface area contributed by atoms with E-state index in [1.807, 2.05) is 0 Å². The van der Waals surface area contributed by atoms with Crippen LogP contribution in [0.3, 0.4) is 0 Å². The first kappa shape index (κ1) is 21.5. The molecule has 5 nitrogen and oxygen atoms in total. The van der Waals surface area contributed by atoms with Crippen molar-refractivity contribution in [3.63, 3.8) is 0 Å². The number of aliphatic hydroxyl groups is 1. The van der Waals surface area contributed by atoms with Gasteiger partial charge in [0, 0.05) is 13.1 Å². The van der Waals surface area contributed by atoms with E-state index >= 15 is 0 Å². The average Bonchev–Trinajstić information content (AvgIpc) is 2.90. The van der Waals surface area contributed by atoms with E-state index in [1.165, 1.54) is 12.1 Å². The third-order valence-corrected chi connectivity index (χ3v) is 3.64. The summed E-state index contributed by atoms with van der Waals surface area (Å²) in [6.45, 7) is 3.51. The lowest BCUT2D eigenvalue weighted by Gasteiger charge is -2.17. The number of nitrogens with one attached hydrogen (secondary N) is 2. The summed E-state index contributed by atoms with van der Waals surface area (Å²) in [5, 5.41) is 14.7. The molecule has 2 unspecified atom stereocenters. The molecule has 1 fully saturated rings. The number of β-amino-alcohol motifs (C(OH)–C–C–N with tert-alkyl or cyclic N) is 1. The van der Waals surface area contributed by atoms with Crippen molar-refractivity contribution < 1.29 is 27.8 Å². The van der Waals surface area contributed by atoms with E-state index in [0.29, 0.717) is 6.54 Å². The summed E-state index contributed by atoms with van der Waals surface area (Å²) in [6, 6.07) is 3.11. The minimum atomic E-state index is -4.54. The Balaban J connectivity index is 0.00000312. The third-order valence-electron chi connectivity index (χ3n) is 3.64. The van der Waals surface area contributed by atoms with Crippen molar-refractivity contribution in [3.8, 4) is 5.75 Å². The predicted octanol–water partition coefficient (Wildman–Crippen LogP) is 2.25. The average molecular weight is 383 g/mol. The highest BCUT2D eigenvalue weighted by molar-refractivity contribution is 5.85. The number of benzene rings is 1. The zero-order valence-corrected chi connectivity index (χ0v) is 14.7. The van der Waals surface area contributed by atoms with Gasteiger partial charge in [0.25, 0.3) is 0 Å². The highest BCUT2D eigenvalue weighted by Crippen LogP contribution is 2.34. The molecule has 0 radical (unpaired) electrons. The van der Waals surface area contributed by atoms with Crippen molar-refractivity contribution in [2.75, 3.05) is 6.54 Å². The van der Waals surface area contributed by atoms with Gasteiger partial charge in [-0.1, -0.05) is 6.07 Å². The number of carbonyl (C=O) groups excluding carboxylic acids is 1. The van der Waals surface area contributed by atoms with E-state index < -0.39 is 29.8 Å². The number of carbonyl (C=O) groups is 1. The maximum Gasteiger partial charge on any atom is 0.416 e. The highest BCUT2D eigenvalue weighted by Gasteiger charge is 2.34. The molecule has 25 heavy (non-hydrogen) atoms. The first-order valence-electron chi connectivity index (χ1n) is 7.72. The Labute approximate surface area is 150 Å². The molecule has 1 aromatic carbocycles. The van der Waals surface area contributed by atoms with Gasteiger partial charge in [0.1, 0.15) is 5.75 Å². The van der Waals surface area contributed by atoms with Crippen LogP contribution in [0.1, 0.15) is 31.4 Å². The first-order valence-corrected chi connectivity index (χ1v) is 7.72. The first-order chi connectivity index (χ1) is 11.2. The van der Waals surface area contributed by atoms with Gasteiger partial charge in [-0.15, -0.1) is 12.4 Å². The van der Waals surface area contributed by atoms with Gasteiger partial charge in [0.2, 0.25) is 5.91 Å². The van der Waals surface area contributed by atoms with E-state index in [2.05, 4.69) is 10.6 Å². The van der Waals surface area contributed by atoms with Crippen LogP contribution in [0.15, 0.2) is 18.2 Å². The Morgan fingerprint density at radius 1 is 1.44 bits per heavy atom. The fraction of sp³-hybridized carbons (Fsp3) is 0.562. The summed E-state index contributed by atoms with van der Waals surface area (Å²) < 4.78 is 45.0. The second-order valence-corrected chi connectivity index (χ2v) is 6.05. The van der Waals surface area contributed by atoms with E-state index in [9.17, 15) is 23.1 Å². The van der Waals surface area contributed by atoms with Gasteiger partial charge >= 0.3 is 6.18 Å². The van der Waals surface area contributed by atoms with Crippen LogP contribution in [0.25, 0.3) is 0 Å². The fourth-order valence-electron chi connectivity index (χ4n) is 2.54. The van der Waals surface area contributed by atoms with Crippen molar-refractivity contribution in [3.05, 3.63) is 29.3 Å². The van der Waals surface area contributed by atoms with Gasteiger partial charge in [-0.25, -0.2) is 0 Å². The molecule has 2 atom stereocenters. The number of halogens is 4. The number of alkyl halides is 3. The number of rotatable bonds is 5. The standard InChI is InChI=1S/C16H21F3N2O3.ClH/c1-9(2)24-12-4-3-10(13(6-12)16(17,18)19)7-21-15(23)14-5-11(22)8-20-14;/h3-4,6,9,11,14,20,22H,5,7-8H2,1-2H3,(H,21,23);1H. The molecule has 1 heterocycles. The molecule has 1 aliphatic rings. The largest absolute Gasteiger partial charge is 0.491 e. The SMILES string of the molecule is CC(C)Oc1ccc(CNC(=O)C2CC(O)CN2)c(C(F)(F)F)c1.Cl. The molecule has 142 valence electrons. The maximum absolute atomic E-state index is 13.2. The highest BCUT2D eigenvalue weighted by atomic mass is 35.5. The molecule has 0 aliphatic carbocycles. The van der Waals surface area contributed by atoms with E-state index in [0.717, 1.165) is 6.07 Å². The molecule has 1 amide bonds. The minimum absolute atomic E-state index is 0. The maximum atomic E-state index is 13.2. The number of aliphatic hydroxyl groups excluding tert-OH is 1. The number of ether oxygens (including phenoxy) is 1. The number of hydrogen-bond donors (Lipinski definition) is 3. The lowest BCUT2D eigenvalue weighted by atomic mass is 10.1. The summed E-state index contributed by atoms with van der Waals surface area (Å²) in [5.74, 6) is -0.296. The number of hydrogen-bond acceptors (Lipinski definition) is 4. The zero-order chi connectivity index (χ0) is 17.9. The van der Waals surface area contributed by atoms with Crippen molar-refractivity contribution in [2.24, 2.45) is 0 Å². The van der Waals surface area contributed by atoms with Gasteiger partial charge in [0.05, 0.1) is 23.8 Å². The summed E-state index contributed by atoms with van der Waals surface area (Å²) in [6.07, 6.45) is -5.15. The number of amides is 1. The Morgan fingerprint density at radius 3 is 2.64 bits per heavy atom. The zero-order valence-electron chi connectivity index (χ0n) is 13.9. The van der Waals surface area contributed by atoms with E-state index in [1.54, 1.807) is 13.8 Å². The van der Waals surface area contributed by atoms with Crippen molar-refractivity contribution in [2.45, 2.75) is 51.2 Å². The summed E-state index contributed by atoms with van der Waals surface area (Å²) in [4.78, 5) is 11.9. The van der Waals surface area contributed by atoms with Gasteiger partial charge in [-0.05, 0) is 38.0 Å². The lowest BCUT2D eigenvalue weighted by molar-refractivity contribution is -0.138. The molecule has 0 aromatic heterocycles. The Kier molecular flexibility index (Phi) is 7.52. The molecule has 1 saturated heterocycles. The molecule has 1 aliphatic heterocycles. The van der Waals surface area contributed by atoms with Gasteiger partial charge in [-0.2, -0.15) is 13.2 Å². The van der Waals surface area contributed by atoms with E-state index in [-0.39, 0.29) is 42.8 Å². The molecule has 0 spiro atoms. The van der Waals surface area contributed by atoms with E-state index in [4.69, 9.17) is 4.74 Å². The van der Waals surface area contributed by atoms with Crippen LogP contribution >= 0.6 is 12.4 Å². The third kappa shape index (κ3) is 6.05. The van der Waals surface area contributed by atoms with Crippen LogP contribution in [-0.4, -0.2) is 35.8 Å². The Bertz CT molecular complexity index is 596. The normalized spacial score (nSPS) is 20.3. The molecule has 3 N–H and O–H groups in total. The van der Waals surface area contributed by atoms with Crippen LogP contribution in [0.5, 0.6) is 5.75 Å². The van der Waals surface area contributed by atoms with Crippen molar-refractivity contribution in [1.29, 1.82) is 0 Å². The second-order valence-electron chi connectivity index (χ2n) is 6.05. The van der Waals surface area contributed by atoms with Crippen LogP contribution in [0.4, 0.5) is 13.2 Å². The summed E-state index contributed by atoms with van der Waals surface area (Å²) in [7, 11) is 0. The smallest absolute Gasteiger partial charge is 0.416 e. The predicted molar refractivity (Wildman–Crippen MR) is 88.7 cm³/mol. The van der Waals surface area contributed by atoms with Gasteiger partial charge in [-0.3, -0.25) is 4.79 Å². The van der Waals surface area contributed by atoms with Crippen LogP contribution < -0.4 is 15.4 Å². The molecular formula is C16H22ClF3N2O3. The van der Waals surface area contributed by atoms with Crippen molar-refractivity contribution >= 4 is 18.3 Å². The monoisotopic (exact) mass is 382 g/mol. The fourth-order valence-corrected chi connectivity index (χ4v) is 2.54. The molecule has 1 aromatic rings. The molecular weight excluding hydrogens is 361 g/mol. The minimum Gasteiger partial charge on any atom is -0.491 e. The molecule has 0 bridgehead atoms. The quantitative estimate of drug-likeness (QED) is 0.730. The molecule has 0 saturated carbocycles. The van der Waals surface area contributed by atoms with Gasteiger partial charge < -0.3 is 20.5 Å². The van der Waals surface area contributed by atoms with Crippen LogP contribution in [-0.2, 0) is 17.5 Å². The summed E-state index contributed by atoms with van der Waals surface area (Å²) in [5.41, 5.74) is -0.870. The van der Waals surface area contributed by atoms with Crippen LogP contribution in [0, 0.1) is 0 Å². The Morgan fingerprint density at radius 2 is 2.12 bits per heavy atom. The van der Waals surface area contributed by atoms with Gasteiger partial charge in [0.15, 0.2) is 0 Å². The second kappa shape index (κ2) is 8.73. The van der Waals surface area contributed by atoms with Crippen LogP contribution in [0.2, 0.25) is 0 Å². The molecule has 2 rings (SSSR count). The van der Waals surface area contributed by atoms with Crippen molar-refractivity contribution in [1.82, 2.24) is 10.6 Å². The molecule has 9 heteroatoms. The Hall–Kier alpha value is -1.51. The topological polar surface area (TPSA) is 70.6 Å².